The number of carbonyl (C=O) groups is 2. The minimum atomic E-state index is -0.935. The zero-order valence-electron chi connectivity index (χ0n) is 12.1. The highest BCUT2D eigenvalue weighted by Gasteiger charge is 2.32. The average molecular weight is 308 g/mol. The van der Waals surface area contributed by atoms with E-state index in [4.69, 9.17) is 9.84 Å². The van der Waals surface area contributed by atoms with Gasteiger partial charge in [-0.25, -0.2) is 4.79 Å². The number of carbonyl (C=O) groups excluding carboxylic acids is 1. The second kappa shape index (κ2) is 7.77. The quantitative estimate of drug-likeness (QED) is 0.653. The van der Waals surface area contributed by atoms with E-state index in [2.05, 4.69) is 10.6 Å². The predicted octanol–water partition coefficient (Wildman–Crippen LogP) is 1.19. The summed E-state index contributed by atoms with van der Waals surface area (Å²) in [6, 6.07) is 8.28. The Morgan fingerprint density at radius 3 is 2.59 bits per heavy atom. The Morgan fingerprint density at radius 2 is 1.95 bits per heavy atom. The van der Waals surface area contributed by atoms with Crippen LogP contribution in [0.3, 0.4) is 0 Å². The molecule has 2 rings (SSSR count). The maximum Gasteiger partial charge on any atom is 0.319 e. The van der Waals surface area contributed by atoms with Crippen LogP contribution >= 0.6 is 0 Å². The summed E-state index contributed by atoms with van der Waals surface area (Å²) in [5.74, 6) is -0.935. The van der Waals surface area contributed by atoms with Crippen LogP contribution in [0, 0.1) is 0 Å². The Labute approximate surface area is 128 Å². The van der Waals surface area contributed by atoms with Gasteiger partial charge in [-0.05, 0) is 25.0 Å². The fraction of sp³-hybridized carbons (Fsp3) is 0.467. The van der Waals surface area contributed by atoms with Gasteiger partial charge in [-0.15, -0.1) is 0 Å². The average Bonchev–Trinajstić information content (AvgIpc) is 2.49. The van der Waals surface area contributed by atoms with Gasteiger partial charge in [0.1, 0.15) is 6.10 Å². The molecule has 0 unspecified atom stereocenters. The first-order valence-electron chi connectivity index (χ1n) is 7.19. The Morgan fingerprint density at radius 1 is 1.23 bits per heavy atom. The lowest BCUT2D eigenvalue weighted by atomic mass is 9.97. The normalized spacial score (nSPS) is 24.5. The molecule has 1 aliphatic rings. The molecule has 0 aliphatic carbocycles. The van der Waals surface area contributed by atoms with Crippen molar-refractivity contribution in [2.45, 2.75) is 37.5 Å². The summed E-state index contributed by atoms with van der Waals surface area (Å²) in [5.41, 5.74) is 0.668. The lowest BCUT2D eigenvalue weighted by molar-refractivity contribution is -0.145. The Hall–Kier alpha value is -2.12. The number of aliphatic hydroxyl groups is 1. The fourth-order valence-electron chi connectivity index (χ4n) is 2.50. The zero-order valence-corrected chi connectivity index (χ0v) is 12.1. The maximum absolute atomic E-state index is 11.9. The molecule has 7 nitrogen and oxygen atoms in total. The molecule has 0 saturated carbocycles. The Kier molecular flexibility index (Phi) is 5.74. The summed E-state index contributed by atoms with van der Waals surface area (Å²) in [5, 5.41) is 23.6. The first-order valence-corrected chi connectivity index (χ1v) is 7.19. The van der Waals surface area contributed by atoms with Crippen LogP contribution in [0.2, 0.25) is 0 Å². The van der Waals surface area contributed by atoms with Crippen molar-refractivity contribution in [2.24, 2.45) is 0 Å². The smallest absolute Gasteiger partial charge is 0.319 e. The topological polar surface area (TPSA) is 108 Å². The van der Waals surface area contributed by atoms with Gasteiger partial charge < -0.3 is 25.6 Å². The number of anilines is 1. The first kappa shape index (κ1) is 16.3. The molecular weight excluding hydrogens is 288 g/mol. The molecule has 1 saturated heterocycles. The van der Waals surface area contributed by atoms with E-state index in [0.717, 1.165) is 0 Å². The monoisotopic (exact) mass is 308 g/mol. The summed E-state index contributed by atoms with van der Waals surface area (Å²) in [6.45, 7) is -0.271. The Balaban J connectivity index is 1.86. The van der Waals surface area contributed by atoms with Gasteiger partial charge in [0.25, 0.3) is 0 Å². The van der Waals surface area contributed by atoms with Crippen molar-refractivity contribution in [1.29, 1.82) is 0 Å². The number of para-hydroxylation sites is 1. The van der Waals surface area contributed by atoms with E-state index in [-0.39, 0.29) is 25.1 Å². The highest BCUT2D eigenvalue weighted by atomic mass is 16.5. The van der Waals surface area contributed by atoms with Crippen molar-refractivity contribution in [1.82, 2.24) is 5.32 Å². The SMILES string of the molecule is O=C(O)C[C@@H]1CC[C@@H](NC(=O)Nc2ccccc2)[C@@H](CO)O1. The van der Waals surface area contributed by atoms with E-state index in [0.29, 0.717) is 18.5 Å². The third kappa shape index (κ3) is 4.71. The van der Waals surface area contributed by atoms with Crippen molar-refractivity contribution in [3.63, 3.8) is 0 Å². The van der Waals surface area contributed by atoms with Crippen molar-refractivity contribution in [3.8, 4) is 0 Å². The highest BCUT2D eigenvalue weighted by molar-refractivity contribution is 5.89. The largest absolute Gasteiger partial charge is 0.481 e. The van der Waals surface area contributed by atoms with Crippen LogP contribution in [-0.2, 0) is 9.53 Å². The van der Waals surface area contributed by atoms with Crippen LogP contribution in [0.15, 0.2) is 30.3 Å². The van der Waals surface area contributed by atoms with Crippen molar-refractivity contribution in [3.05, 3.63) is 30.3 Å². The molecule has 7 heteroatoms. The minimum absolute atomic E-state index is 0.0978. The standard InChI is InChI=1S/C15H20N2O5/c18-9-13-12(7-6-11(22-13)8-14(19)20)17-15(21)16-10-4-2-1-3-5-10/h1-5,11-13,18H,6-9H2,(H,19,20)(H2,16,17,21)/t11-,12+,13+/m0/s1. The van der Waals surface area contributed by atoms with E-state index < -0.39 is 18.2 Å². The molecule has 0 radical (unpaired) electrons. The number of aliphatic carboxylic acids is 1. The number of hydrogen-bond donors (Lipinski definition) is 4. The predicted molar refractivity (Wildman–Crippen MR) is 79.6 cm³/mol. The number of benzene rings is 1. The molecule has 120 valence electrons. The van der Waals surface area contributed by atoms with Crippen molar-refractivity contribution >= 4 is 17.7 Å². The van der Waals surface area contributed by atoms with E-state index >= 15 is 0 Å². The van der Waals surface area contributed by atoms with Gasteiger partial charge in [0.05, 0.1) is 25.2 Å². The third-order valence-electron chi connectivity index (χ3n) is 3.55. The minimum Gasteiger partial charge on any atom is -0.481 e. The Bertz CT molecular complexity index is 508. The molecule has 1 aliphatic heterocycles. The van der Waals surface area contributed by atoms with Gasteiger partial charge in [0.15, 0.2) is 0 Å². The third-order valence-corrected chi connectivity index (χ3v) is 3.55. The van der Waals surface area contributed by atoms with Crippen LogP contribution in [0.1, 0.15) is 19.3 Å². The van der Waals surface area contributed by atoms with Gasteiger partial charge in [-0.1, -0.05) is 18.2 Å². The molecule has 0 spiro atoms. The molecule has 1 aromatic carbocycles. The van der Waals surface area contributed by atoms with Gasteiger partial charge in [-0.2, -0.15) is 0 Å². The van der Waals surface area contributed by atoms with Gasteiger partial charge in [0, 0.05) is 5.69 Å². The number of ether oxygens (including phenoxy) is 1. The maximum atomic E-state index is 11.9. The summed E-state index contributed by atoms with van der Waals surface area (Å²) >= 11 is 0. The number of aliphatic hydroxyl groups excluding tert-OH is 1. The molecule has 0 bridgehead atoms. The van der Waals surface area contributed by atoms with Crippen LogP contribution in [0.25, 0.3) is 0 Å². The van der Waals surface area contributed by atoms with E-state index in [1.54, 1.807) is 12.1 Å². The second-order valence-electron chi connectivity index (χ2n) is 5.23. The summed E-state index contributed by atoms with van der Waals surface area (Å²) < 4.78 is 5.54. The number of carboxylic acids is 1. The van der Waals surface area contributed by atoms with Crippen molar-refractivity contribution in [2.75, 3.05) is 11.9 Å². The molecular formula is C15H20N2O5. The van der Waals surface area contributed by atoms with Crippen molar-refractivity contribution < 1.29 is 24.5 Å². The van der Waals surface area contributed by atoms with E-state index in [1.165, 1.54) is 0 Å². The molecule has 0 aromatic heterocycles. The highest BCUT2D eigenvalue weighted by Crippen LogP contribution is 2.22. The molecule has 3 atom stereocenters. The first-order chi connectivity index (χ1) is 10.6. The lowest BCUT2D eigenvalue weighted by Gasteiger charge is -2.35. The van der Waals surface area contributed by atoms with Gasteiger partial charge in [-0.3, -0.25) is 4.79 Å². The number of urea groups is 1. The number of rotatable bonds is 5. The summed E-state index contributed by atoms with van der Waals surface area (Å²) in [6.07, 6.45) is -0.0336. The zero-order chi connectivity index (χ0) is 15.9. The second-order valence-corrected chi connectivity index (χ2v) is 5.23. The van der Waals surface area contributed by atoms with Crippen LogP contribution in [0.4, 0.5) is 10.5 Å². The number of nitrogens with one attached hydrogen (secondary N) is 2. The molecule has 1 aromatic rings. The number of amides is 2. The molecule has 1 fully saturated rings. The molecule has 2 amide bonds. The summed E-state index contributed by atoms with van der Waals surface area (Å²) in [7, 11) is 0. The lowest BCUT2D eigenvalue weighted by Crippen LogP contribution is -2.52. The fourth-order valence-corrected chi connectivity index (χ4v) is 2.50. The van der Waals surface area contributed by atoms with Gasteiger partial charge >= 0.3 is 12.0 Å². The molecule has 1 heterocycles. The number of hydrogen-bond acceptors (Lipinski definition) is 4. The number of carboxylic acid groups (broad SMARTS) is 1. The van der Waals surface area contributed by atoms with E-state index in [1.807, 2.05) is 18.2 Å². The van der Waals surface area contributed by atoms with E-state index in [9.17, 15) is 14.7 Å². The summed E-state index contributed by atoms with van der Waals surface area (Å²) in [4.78, 5) is 22.7. The van der Waals surface area contributed by atoms with Gasteiger partial charge in [0.2, 0.25) is 0 Å². The van der Waals surface area contributed by atoms with Crippen LogP contribution < -0.4 is 10.6 Å². The van der Waals surface area contributed by atoms with Crippen LogP contribution in [0.5, 0.6) is 0 Å². The molecule has 22 heavy (non-hydrogen) atoms. The van der Waals surface area contributed by atoms with Crippen LogP contribution in [-0.4, -0.2) is 47.1 Å². The molecule has 4 N–H and O–H groups in total.